The lowest BCUT2D eigenvalue weighted by Crippen LogP contribution is -2.40. The molecule has 3 aromatic heterocycles. The Hall–Kier alpha value is -2.42. The number of hydrogen-bond donors (Lipinski definition) is 2. The van der Waals surface area contributed by atoms with Gasteiger partial charge in [0.15, 0.2) is 0 Å². The maximum absolute atomic E-state index is 13.4. The Kier molecular flexibility index (Phi) is 3.85. The van der Waals surface area contributed by atoms with Crippen molar-refractivity contribution in [2.45, 2.75) is 44.3 Å². The molecular formula is C21H21ClN6OS. The number of nitrogens with one attached hydrogen (secondary N) is 1. The van der Waals surface area contributed by atoms with Gasteiger partial charge in [0.2, 0.25) is 5.95 Å². The lowest BCUT2D eigenvalue weighted by Gasteiger charge is -2.25. The van der Waals surface area contributed by atoms with Gasteiger partial charge in [0.05, 0.1) is 25.6 Å². The number of rotatable bonds is 2. The molecule has 2 aliphatic heterocycles. The number of nitrogens with zero attached hydrogens (tertiary/aromatic N) is 4. The minimum absolute atomic E-state index is 0.0808. The summed E-state index contributed by atoms with van der Waals surface area (Å²) in [5.41, 5.74) is 9.27. The average Bonchev–Trinajstić information content (AvgIpc) is 3.46. The van der Waals surface area contributed by atoms with Crippen LogP contribution in [0.15, 0.2) is 23.1 Å². The Labute approximate surface area is 181 Å². The van der Waals surface area contributed by atoms with Gasteiger partial charge in [-0.2, -0.15) is 4.98 Å². The number of H-pyrrole nitrogens is 1. The third kappa shape index (κ3) is 2.38. The largest absolute Gasteiger partial charge is 0.345 e. The normalized spacial score (nSPS) is 23.3. The fourth-order valence-corrected chi connectivity index (χ4v) is 6.45. The van der Waals surface area contributed by atoms with Crippen molar-refractivity contribution in [3.05, 3.63) is 38.7 Å². The van der Waals surface area contributed by atoms with Crippen molar-refractivity contribution in [3.63, 3.8) is 0 Å². The Morgan fingerprint density at radius 3 is 2.83 bits per heavy atom. The summed E-state index contributed by atoms with van der Waals surface area (Å²) in [5.74, 6) is 0.695. The molecule has 2 aliphatic rings. The molecule has 9 heteroatoms. The zero-order valence-electron chi connectivity index (χ0n) is 16.6. The first-order valence-electron chi connectivity index (χ1n) is 10.1. The van der Waals surface area contributed by atoms with Gasteiger partial charge in [-0.25, -0.2) is 4.98 Å². The fraction of sp³-hybridized carbons (Fsp3) is 0.381. The smallest absolute Gasteiger partial charge is 0.264 e. The van der Waals surface area contributed by atoms with Crippen LogP contribution >= 0.6 is 22.9 Å². The fourth-order valence-electron chi connectivity index (χ4n) is 5.22. The minimum Gasteiger partial charge on any atom is -0.345 e. The molecule has 30 heavy (non-hydrogen) atoms. The maximum atomic E-state index is 13.4. The maximum Gasteiger partial charge on any atom is 0.264 e. The van der Waals surface area contributed by atoms with Crippen molar-refractivity contribution >= 4 is 50.1 Å². The first-order chi connectivity index (χ1) is 14.4. The number of aromatic amines is 1. The van der Waals surface area contributed by atoms with Gasteiger partial charge in [0.1, 0.15) is 5.65 Å². The zero-order chi connectivity index (χ0) is 20.7. The van der Waals surface area contributed by atoms with Crippen LogP contribution in [0, 0.1) is 6.92 Å². The molecule has 0 aliphatic carbocycles. The molecule has 0 radical (unpaired) electrons. The van der Waals surface area contributed by atoms with Crippen LogP contribution in [0.2, 0.25) is 5.02 Å². The van der Waals surface area contributed by atoms with E-state index in [0.29, 0.717) is 28.0 Å². The van der Waals surface area contributed by atoms with E-state index in [1.807, 2.05) is 25.3 Å². The van der Waals surface area contributed by atoms with E-state index in [9.17, 15) is 4.79 Å². The van der Waals surface area contributed by atoms with Crippen LogP contribution in [0.5, 0.6) is 0 Å². The van der Waals surface area contributed by atoms with E-state index in [-0.39, 0.29) is 17.6 Å². The van der Waals surface area contributed by atoms with Crippen molar-refractivity contribution in [1.82, 2.24) is 19.5 Å². The van der Waals surface area contributed by atoms with E-state index >= 15 is 0 Å². The lowest BCUT2D eigenvalue weighted by atomic mass is 9.97. The zero-order valence-corrected chi connectivity index (χ0v) is 18.2. The van der Waals surface area contributed by atoms with Crippen LogP contribution in [-0.2, 0) is 7.05 Å². The van der Waals surface area contributed by atoms with E-state index in [0.717, 1.165) is 45.6 Å². The molecule has 1 aromatic carbocycles. The standard InChI is InChI=1S/C21H21ClN6OS/c1-9-25-14-5-4-11(17(22)18(14)30-9)12-8-24-19-16(12)20(29)27(2)21(26-19)28-10-3-6-15(28)13(23)7-10/h4-5,8,10,13,15,24H,3,6-7,23H2,1-2H3/t10-,13+,15+/m0/s1. The van der Waals surface area contributed by atoms with Gasteiger partial charge < -0.3 is 15.6 Å². The number of thiazole rings is 1. The second kappa shape index (κ2) is 6.29. The summed E-state index contributed by atoms with van der Waals surface area (Å²) in [6, 6.07) is 4.64. The Morgan fingerprint density at radius 1 is 1.27 bits per heavy atom. The van der Waals surface area contributed by atoms with Gasteiger partial charge in [-0.05, 0) is 32.3 Å². The first-order valence-corrected chi connectivity index (χ1v) is 11.3. The molecule has 0 saturated carbocycles. The molecule has 2 bridgehead atoms. The SMILES string of the molecule is Cc1nc2ccc(-c3c[nH]c4nc(N5[C@H]6CC[C@@H]5[C@H](N)C6)n(C)c(=O)c34)c(Cl)c2s1. The van der Waals surface area contributed by atoms with Crippen LogP contribution in [0.25, 0.3) is 32.4 Å². The highest BCUT2D eigenvalue weighted by atomic mass is 35.5. The van der Waals surface area contributed by atoms with Crippen LogP contribution in [0.3, 0.4) is 0 Å². The van der Waals surface area contributed by atoms with Crippen LogP contribution in [0.4, 0.5) is 5.95 Å². The summed E-state index contributed by atoms with van der Waals surface area (Å²) < 4.78 is 2.59. The van der Waals surface area contributed by atoms with E-state index in [4.69, 9.17) is 22.3 Å². The lowest BCUT2D eigenvalue weighted by molar-refractivity contribution is 0.503. The molecule has 2 fully saturated rings. The Morgan fingerprint density at radius 2 is 2.10 bits per heavy atom. The molecule has 0 spiro atoms. The van der Waals surface area contributed by atoms with Crippen LogP contribution < -0.4 is 16.2 Å². The van der Waals surface area contributed by atoms with E-state index in [1.54, 1.807) is 23.0 Å². The van der Waals surface area contributed by atoms with Crippen molar-refractivity contribution in [2.75, 3.05) is 4.90 Å². The quantitative estimate of drug-likeness (QED) is 0.497. The van der Waals surface area contributed by atoms with Gasteiger partial charge in [-0.15, -0.1) is 11.3 Å². The number of aromatic nitrogens is 4. The summed E-state index contributed by atoms with van der Waals surface area (Å²) in [5, 5.41) is 2.14. The number of hydrogen-bond acceptors (Lipinski definition) is 6. The molecule has 154 valence electrons. The Balaban J connectivity index is 1.55. The second-order valence-electron chi connectivity index (χ2n) is 8.32. The van der Waals surface area contributed by atoms with Gasteiger partial charge in [-0.3, -0.25) is 9.36 Å². The molecule has 7 nitrogen and oxygen atoms in total. The summed E-state index contributed by atoms with van der Waals surface area (Å²) in [7, 11) is 1.79. The highest BCUT2D eigenvalue weighted by molar-refractivity contribution is 7.19. The van der Waals surface area contributed by atoms with Crippen LogP contribution in [0.1, 0.15) is 24.3 Å². The monoisotopic (exact) mass is 440 g/mol. The van der Waals surface area contributed by atoms with Crippen molar-refractivity contribution in [2.24, 2.45) is 12.8 Å². The minimum atomic E-state index is -0.0808. The summed E-state index contributed by atoms with van der Waals surface area (Å²) >= 11 is 8.30. The topological polar surface area (TPSA) is 92.8 Å². The molecule has 6 rings (SSSR count). The second-order valence-corrected chi connectivity index (χ2v) is 9.90. The van der Waals surface area contributed by atoms with E-state index in [2.05, 4.69) is 14.9 Å². The number of benzene rings is 1. The molecule has 3 atom stereocenters. The van der Waals surface area contributed by atoms with Gasteiger partial charge >= 0.3 is 0 Å². The molecule has 4 aromatic rings. The van der Waals surface area contributed by atoms with Crippen molar-refractivity contribution in [1.29, 1.82) is 0 Å². The van der Waals surface area contributed by atoms with Crippen molar-refractivity contribution in [3.8, 4) is 11.1 Å². The predicted octanol–water partition coefficient (Wildman–Crippen LogP) is 3.57. The molecule has 2 saturated heterocycles. The number of aryl methyl sites for hydroxylation is 1. The van der Waals surface area contributed by atoms with E-state index in [1.165, 1.54) is 0 Å². The highest BCUT2D eigenvalue weighted by Gasteiger charge is 2.46. The molecule has 5 heterocycles. The van der Waals surface area contributed by atoms with Crippen molar-refractivity contribution < 1.29 is 0 Å². The number of fused-ring (bicyclic) bond motifs is 4. The summed E-state index contributed by atoms with van der Waals surface area (Å²) in [4.78, 5) is 28.3. The highest BCUT2D eigenvalue weighted by Crippen LogP contribution is 2.41. The van der Waals surface area contributed by atoms with Gasteiger partial charge in [0.25, 0.3) is 5.56 Å². The number of nitrogens with two attached hydrogens (primary N) is 1. The Bertz CT molecular complexity index is 1390. The molecular weight excluding hydrogens is 420 g/mol. The van der Waals surface area contributed by atoms with Gasteiger partial charge in [0, 0.05) is 42.5 Å². The summed E-state index contributed by atoms with van der Waals surface area (Å²) in [6.45, 7) is 1.96. The third-order valence-corrected chi connectivity index (χ3v) is 8.11. The molecule has 0 amide bonds. The molecule has 0 unspecified atom stereocenters. The summed E-state index contributed by atoms with van der Waals surface area (Å²) in [6.07, 6.45) is 4.94. The number of halogens is 1. The third-order valence-electron chi connectivity index (χ3n) is 6.60. The average molecular weight is 441 g/mol. The van der Waals surface area contributed by atoms with E-state index < -0.39 is 0 Å². The number of anilines is 1. The molecule has 3 N–H and O–H groups in total. The predicted molar refractivity (Wildman–Crippen MR) is 122 cm³/mol. The first kappa shape index (κ1) is 18.4. The van der Waals surface area contributed by atoms with Crippen LogP contribution in [-0.4, -0.2) is 37.6 Å². The van der Waals surface area contributed by atoms with Gasteiger partial charge in [-0.1, -0.05) is 17.7 Å².